The van der Waals surface area contributed by atoms with Crippen molar-refractivity contribution >= 4 is 22.1 Å². The zero-order chi connectivity index (χ0) is 15.5. The van der Waals surface area contributed by atoms with Crippen LogP contribution in [0.4, 0.5) is 0 Å². The van der Waals surface area contributed by atoms with Crippen LogP contribution < -0.4 is 12.3 Å². The highest BCUT2D eigenvalue weighted by atomic mass is 32.2. The predicted octanol–water partition coefficient (Wildman–Crippen LogP) is 0.685. The van der Waals surface area contributed by atoms with E-state index in [1.165, 1.54) is 19.3 Å². The number of hydrogen-bond donors (Lipinski definition) is 6. The monoisotopic (exact) mass is 334 g/mol. The minimum Gasteiger partial charge on any atom is -0.481 e. The minimum absolute atomic E-state index is 0. The summed E-state index contributed by atoms with van der Waals surface area (Å²) in [5, 5.41) is 22.2. The summed E-state index contributed by atoms with van der Waals surface area (Å²) in [7, 11) is -4.84. The van der Waals surface area contributed by atoms with Gasteiger partial charge in [0.25, 0.3) is 10.1 Å². The topological polar surface area (TPSA) is 219 Å². The third-order valence-corrected chi connectivity index (χ3v) is 3.09. The molecule has 21 heavy (non-hydrogen) atoms. The van der Waals surface area contributed by atoms with Crippen LogP contribution in [-0.2, 0) is 19.7 Å². The normalized spacial score (nSPS) is 11.0. The molecule has 0 aliphatic carbocycles. The van der Waals surface area contributed by atoms with E-state index in [1.807, 2.05) is 0 Å². The van der Waals surface area contributed by atoms with Crippen molar-refractivity contribution < 1.29 is 37.9 Å². The highest BCUT2D eigenvalue weighted by Gasteiger charge is 2.33. The van der Waals surface area contributed by atoms with E-state index in [0.717, 1.165) is 6.42 Å². The summed E-state index contributed by atoms with van der Waals surface area (Å²) in [6.45, 7) is 2.53. The van der Waals surface area contributed by atoms with E-state index in [9.17, 15) is 18.0 Å². The minimum atomic E-state index is -4.84. The Morgan fingerprint density at radius 1 is 1.05 bits per heavy atom. The Bertz CT molecular complexity index is 367. The lowest BCUT2D eigenvalue weighted by molar-refractivity contribution is -0.143. The number of aliphatic hydroxyl groups excluding tert-OH is 1. The van der Waals surface area contributed by atoms with Gasteiger partial charge in [0, 0.05) is 6.61 Å². The van der Waals surface area contributed by atoms with Gasteiger partial charge >= 0.3 is 11.9 Å². The average Bonchev–Trinajstić information content (AvgIpc) is 2.25. The van der Waals surface area contributed by atoms with Crippen LogP contribution in [0.3, 0.4) is 0 Å². The van der Waals surface area contributed by atoms with E-state index in [1.54, 1.807) is 0 Å². The molecule has 0 aliphatic heterocycles. The van der Waals surface area contributed by atoms with Crippen LogP contribution in [0, 0.1) is 0 Å². The number of carboxylic acids is 2. The second kappa shape index (κ2) is 15.1. The van der Waals surface area contributed by atoms with Crippen LogP contribution in [0.25, 0.3) is 0 Å². The molecule has 0 aromatic heterocycles. The second-order valence-electron chi connectivity index (χ2n) is 3.72. The van der Waals surface area contributed by atoms with E-state index >= 15 is 0 Å². The van der Waals surface area contributed by atoms with Crippen LogP contribution in [0.1, 0.15) is 39.0 Å². The maximum absolute atomic E-state index is 10.2. The molecule has 0 fully saturated rings. The SMILES string of the molecule is CCCCCCO.N.N.O=C(O)CC(C(=O)O)S(=O)(=O)O. The van der Waals surface area contributed by atoms with Gasteiger partial charge in [0.15, 0.2) is 5.25 Å². The number of aliphatic hydroxyl groups is 1. The molecule has 10 nitrogen and oxygen atoms in total. The number of carbonyl (C=O) groups is 2. The number of rotatable bonds is 8. The molecule has 0 rings (SSSR count). The van der Waals surface area contributed by atoms with E-state index in [4.69, 9.17) is 19.9 Å². The Balaban J connectivity index is -0.000000140. The van der Waals surface area contributed by atoms with Crippen molar-refractivity contribution in [1.29, 1.82) is 0 Å². The van der Waals surface area contributed by atoms with Crippen molar-refractivity contribution in [1.82, 2.24) is 12.3 Å². The molecule has 0 saturated carbocycles. The highest BCUT2D eigenvalue weighted by Crippen LogP contribution is 2.04. The average molecular weight is 334 g/mol. The first-order valence-electron chi connectivity index (χ1n) is 5.68. The Kier molecular flexibility index (Phi) is 20.1. The fraction of sp³-hybridized carbons (Fsp3) is 0.800. The molecule has 0 radical (unpaired) electrons. The number of unbranched alkanes of at least 4 members (excludes halogenated alkanes) is 3. The Morgan fingerprint density at radius 2 is 1.52 bits per heavy atom. The first kappa shape index (κ1) is 28.0. The molecule has 11 heteroatoms. The zero-order valence-electron chi connectivity index (χ0n) is 12.1. The van der Waals surface area contributed by atoms with Gasteiger partial charge < -0.3 is 27.6 Å². The summed E-state index contributed by atoms with van der Waals surface area (Å²) >= 11 is 0. The van der Waals surface area contributed by atoms with Gasteiger partial charge in [-0.1, -0.05) is 26.2 Å². The summed E-state index contributed by atoms with van der Waals surface area (Å²) in [5.74, 6) is -3.50. The highest BCUT2D eigenvalue weighted by molar-refractivity contribution is 7.87. The van der Waals surface area contributed by atoms with Crippen molar-refractivity contribution in [2.75, 3.05) is 6.61 Å². The maximum atomic E-state index is 10.2. The molecular weight excluding hydrogens is 308 g/mol. The van der Waals surface area contributed by atoms with Crippen molar-refractivity contribution in [3.63, 3.8) is 0 Å². The molecular formula is C10H26N2O8S. The molecule has 0 heterocycles. The zero-order valence-corrected chi connectivity index (χ0v) is 12.9. The Morgan fingerprint density at radius 3 is 1.71 bits per heavy atom. The van der Waals surface area contributed by atoms with Gasteiger partial charge in [-0.3, -0.25) is 14.1 Å². The van der Waals surface area contributed by atoms with Crippen molar-refractivity contribution in [2.45, 2.75) is 44.3 Å². The molecule has 0 bridgehead atoms. The lowest BCUT2D eigenvalue weighted by atomic mass is 10.2. The summed E-state index contributed by atoms with van der Waals surface area (Å²) in [5.41, 5.74) is 0. The van der Waals surface area contributed by atoms with E-state index in [-0.39, 0.29) is 12.3 Å². The molecule has 10 N–H and O–H groups in total. The third-order valence-electron chi connectivity index (χ3n) is 2.01. The lowest BCUT2D eigenvalue weighted by Crippen LogP contribution is -2.31. The molecule has 0 aromatic carbocycles. The van der Waals surface area contributed by atoms with E-state index in [2.05, 4.69) is 6.92 Å². The molecule has 0 aliphatic rings. The van der Waals surface area contributed by atoms with Gasteiger partial charge in [-0.2, -0.15) is 8.42 Å². The Hall–Kier alpha value is -1.27. The van der Waals surface area contributed by atoms with Crippen molar-refractivity contribution in [2.24, 2.45) is 0 Å². The molecule has 0 spiro atoms. The van der Waals surface area contributed by atoms with Crippen molar-refractivity contribution in [3.05, 3.63) is 0 Å². The van der Waals surface area contributed by atoms with Crippen LogP contribution in [0.5, 0.6) is 0 Å². The maximum Gasteiger partial charge on any atom is 0.325 e. The lowest BCUT2D eigenvalue weighted by Gasteiger charge is -2.04. The predicted molar refractivity (Wildman–Crippen MR) is 76.5 cm³/mol. The molecule has 0 saturated heterocycles. The summed E-state index contributed by atoms with van der Waals surface area (Å²) < 4.78 is 28.7. The standard InChI is InChI=1S/C6H14O.C4H6O7S.2H3N/c1-2-3-4-5-6-7;5-3(6)1-2(4(7)8)12(9,10)11;;/h7H,2-6H2,1H3;2H,1H2,(H,5,6)(H,7,8)(H,9,10,11);2*1H3. The molecule has 1 unspecified atom stereocenters. The first-order valence-corrected chi connectivity index (χ1v) is 7.18. The van der Waals surface area contributed by atoms with Gasteiger partial charge in [-0.15, -0.1) is 0 Å². The van der Waals surface area contributed by atoms with Gasteiger partial charge in [-0.25, -0.2) is 0 Å². The largest absolute Gasteiger partial charge is 0.481 e. The fourth-order valence-corrected chi connectivity index (χ4v) is 1.63. The quantitative estimate of drug-likeness (QED) is 0.269. The fourth-order valence-electron chi connectivity index (χ4n) is 1.02. The molecule has 0 aromatic rings. The first-order chi connectivity index (χ1) is 8.66. The molecule has 1 atom stereocenters. The van der Waals surface area contributed by atoms with Gasteiger partial charge in [0.1, 0.15) is 0 Å². The third kappa shape index (κ3) is 18.7. The summed E-state index contributed by atoms with van der Waals surface area (Å²) in [4.78, 5) is 20.0. The Labute approximate surface area is 124 Å². The van der Waals surface area contributed by atoms with Gasteiger partial charge in [0.2, 0.25) is 0 Å². The van der Waals surface area contributed by atoms with Gasteiger partial charge in [0.05, 0.1) is 6.42 Å². The van der Waals surface area contributed by atoms with E-state index < -0.39 is 33.7 Å². The molecule has 130 valence electrons. The number of aliphatic carboxylic acids is 2. The van der Waals surface area contributed by atoms with Crippen LogP contribution in [0.15, 0.2) is 0 Å². The summed E-state index contributed by atoms with van der Waals surface area (Å²) in [6, 6.07) is 0. The van der Waals surface area contributed by atoms with Crippen LogP contribution in [0.2, 0.25) is 0 Å². The number of carboxylic acid groups (broad SMARTS) is 2. The second-order valence-corrected chi connectivity index (χ2v) is 5.32. The van der Waals surface area contributed by atoms with E-state index in [0.29, 0.717) is 6.61 Å². The summed E-state index contributed by atoms with van der Waals surface area (Å²) in [6.07, 6.45) is 3.52. The van der Waals surface area contributed by atoms with Crippen LogP contribution in [-0.4, -0.2) is 52.1 Å². The van der Waals surface area contributed by atoms with Crippen molar-refractivity contribution in [3.8, 4) is 0 Å². The van der Waals surface area contributed by atoms with Gasteiger partial charge in [-0.05, 0) is 6.42 Å². The van der Waals surface area contributed by atoms with Crippen LogP contribution >= 0.6 is 0 Å². The molecule has 0 amide bonds. The number of hydrogen-bond acceptors (Lipinski definition) is 7. The smallest absolute Gasteiger partial charge is 0.325 e.